The fourth-order valence-corrected chi connectivity index (χ4v) is 17.6. The number of hydrogen-bond acceptors (Lipinski definition) is 11. The maximum absolute atomic E-state index is 11.6. The Hall–Kier alpha value is -8.08. The SMILES string of the molecule is CCCCCCCCCCCCCCOc1cc2c(cc1OCCCCCCCCCCCCCC)C#Cc1cc(OCCCCCCCCCCCCCC)c(OCCCCCCCCCCCCOc3ccc(N=Nc4cc(C(=O)O)cc(C(=O)O)c4)cc3)cc1C#Cc1cc(OCCCCCCCCCCCCCC)c(OCCCCCCCCCCCCCC)cc1C#C2. The van der Waals surface area contributed by atoms with Gasteiger partial charge in [0.2, 0.25) is 0 Å². The average molecular weight is 1830 g/mol. The molecule has 13 heteroatoms. The normalized spacial score (nSPS) is 11.5. The first-order valence-electron chi connectivity index (χ1n) is 55.3. The molecule has 2 N–H and O–H groups in total. The maximum Gasteiger partial charge on any atom is 0.335 e. The van der Waals surface area contributed by atoms with Crippen LogP contribution in [0, 0.1) is 35.5 Å². The number of aromatic carboxylic acids is 2. The first-order valence-corrected chi connectivity index (χ1v) is 55.3. The first-order chi connectivity index (χ1) is 65.6. The number of rotatable bonds is 89. The van der Waals surface area contributed by atoms with E-state index in [1.165, 1.54) is 359 Å². The summed E-state index contributed by atoms with van der Waals surface area (Å²) < 4.78 is 47.5. The zero-order valence-electron chi connectivity index (χ0n) is 84.9. The molecule has 133 heavy (non-hydrogen) atoms. The van der Waals surface area contributed by atoms with E-state index in [9.17, 15) is 19.8 Å². The van der Waals surface area contributed by atoms with E-state index in [0.717, 1.165) is 171 Å². The van der Waals surface area contributed by atoms with Gasteiger partial charge in [-0.1, -0.05) is 475 Å². The van der Waals surface area contributed by atoms with Crippen molar-refractivity contribution in [2.75, 3.05) is 46.2 Å². The van der Waals surface area contributed by atoms with Gasteiger partial charge in [-0.3, -0.25) is 0 Å². The van der Waals surface area contributed by atoms with Crippen molar-refractivity contribution in [3.8, 4) is 75.8 Å². The van der Waals surface area contributed by atoms with Crippen molar-refractivity contribution in [1.82, 2.24) is 0 Å². The second-order valence-corrected chi connectivity index (χ2v) is 38.3. The third kappa shape index (κ3) is 55.7. The van der Waals surface area contributed by atoms with E-state index in [1.54, 1.807) is 12.1 Å². The predicted octanol–water partition coefficient (Wildman–Crippen LogP) is 36.8. The van der Waals surface area contributed by atoms with Crippen molar-refractivity contribution in [2.24, 2.45) is 10.2 Å². The molecule has 5 aromatic rings. The molecule has 0 heterocycles. The van der Waals surface area contributed by atoms with Gasteiger partial charge in [0.05, 0.1) is 68.7 Å². The summed E-state index contributed by atoms with van der Waals surface area (Å²) in [4.78, 5) is 23.1. The Morgan fingerprint density at radius 3 is 0.534 bits per heavy atom. The van der Waals surface area contributed by atoms with Crippen LogP contribution in [0.1, 0.15) is 538 Å². The summed E-state index contributed by atoms with van der Waals surface area (Å²) in [7, 11) is 0. The number of carbonyl (C=O) groups is 2. The summed E-state index contributed by atoms with van der Waals surface area (Å²) >= 11 is 0. The number of carboxylic acid groups (broad SMARTS) is 2. The molecule has 0 atom stereocenters. The third-order valence-electron chi connectivity index (χ3n) is 26.1. The van der Waals surface area contributed by atoms with Gasteiger partial charge in [0.1, 0.15) is 5.75 Å². The second kappa shape index (κ2) is 79.0. The lowest BCUT2D eigenvalue weighted by Crippen LogP contribution is -2.05. The highest BCUT2D eigenvalue weighted by molar-refractivity contribution is 5.95. The fourth-order valence-electron chi connectivity index (χ4n) is 17.6. The first kappa shape index (κ1) is 114. The molecule has 1 aliphatic rings. The molecule has 740 valence electrons. The number of carboxylic acids is 2. The lowest BCUT2D eigenvalue weighted by Gasteiger charge is -2.16. The Morgan fingerprint density at radius 1 is 0.203 bits per heavy atom. The van der Waals surface area contributed by atoms with Gasteiger partial charge in [-0.25, -0.2) is 9.59 Å². The van der Waals surface area contributed by atoms with Crippen molar-refractivity contribution in [3.05, 3.63) is 123 Å². The molecule has 0 amide bonds. The van der Waals surface area contributed by atoms with Crippen molar-refractivity contribution >= 4 is 23.3 Å². The third-order valence-corrected chi connectivity index (χ3v) is 26.1. The van der Waals surface area contributed by atoms with Gasteiger partial charge >= 0.3 is 11.9 Å². The van der Waals surface area contributed by atoms with Crippen LogP contribution in [-0.2, 0) is 0 Å². The lowest BCUT2D eigenvalue weighted by molar-refractivity contribution is 0.0696. The molecule has 6 rings (SSSR count). The van der Waals surface area contributed by atoms with Crippen LogP contribution in [0.3, 0.4) is 0 Å². The van der Waals surface area contributed by atoms with Crippen LogP contribution in [-0.4, -0.2) is 68.4 Å². The summed E-state index contributed by atoms with van der Waals surface area (Å²) in [6.45, 7) is 15.7. The van der Waals surface area contributed by atoms with Gasteiger partial charge < -0.3 is 43.4 Å². The van der Waals surface area contributed by atoms with Crippen LogP contribution in [0.5, 0.6) is 40.2 Å². The van der Waals surface area contributed by atoms with E-state index in [2.05, 4.69) is 117 Å². The zero-order chi connectivity index (χ0) is 94.2. The standard InChI is InChI=1S/C120H184N2O11/c1-6-11-16-21-26-31-36-41-49-56-63-70-87-128-113-96-102-76-77-103-97-114(129-88-71-64-57-50-42-37-32-27-22-17-12-7-2)116(131-90-73-66-59-52-44-39-34-29-24-19-14-9-4)99-105(103)80-81-107-101-118(133-92-75-68-61-54-47-46-48-55-62-69-86-127-112-84-82-110(83-85-112)121-122-111-94-108(119(123)124)93-109(95-111)120(125)126)117(132-91-74-67-60-53-45-40-35-30-25-20-15-10-5)100-106(107)79-78-104(102)98-115(113)130-89-72-65-58-51-43-38-33-28-23-18-13-8-3/h82-85,93-101H,6-75,86-92H2,1-5H3,(H,123,124)(H,125,126). The van der Waals surface area contributed by atoms with Crippen molar-refractivity contribution in [2.45, 2.75) is 484 Å². The summed E-state index contributed by atoms with van der Waals surface area (Å²) in [6.07, 6.45) is 88.0. The topological polar surface area (TPSA) is 164 Å². The van der Waals surface area contributed by atoms with E-state index in [1.807, 2.05) is 12.1 Å². The summed E-state index contributed by atoms with van der Waals surface area (Å²) in [6, 6.07) is 23.5. The van der Waals surface area contributed by atoms with E-state index < -0.39 is 11.9 Å². The number of unbranched alkanes of at least 4 members (excludes halogenated alkanes) is 64. The Morgan fingerprint density at radius 2 is 0.361 bits per heavy atom. The van der Waals surface area contributed by atoms with Crippen LogP contribution < -0.4 is 33.2 Å². The quantitative estimate of drug-likeness (QED) is 0.0212. The molecule has 0 aromatic heterocycles. The van der Waals surface area contributed by atoms with Crippen LogP contribution in [0.4, 0.5) is 11.4 Å². The number of hydrogen-bond donors (Lipinski definition) is 2. The van der Waals surface area contributed by atoms with Crippen LogP contribution >= 0.6 is 0 Å². The molecular formula is C120H184N2O11. The van der Waals surface area contributed by atoms with E-state index in [0.29, 0.717) is 63.4 Å². The van der Waals surface area contributed by atoms with Gasteiger partial charge in [-0.05, 0) is 87.4 Å². The summed E-state index contributed by atoms with van der Waals surface area (Å²) in [5, 5.41) is 27.2. The van der Waals surface area contributed by atoms with E-state index in [-0.39, 0.29) is 16.8 Å². The number of benzene rings is 5. The smallest absolute Gasteiger partial charge is 0.335 e. The van der Waals surface area contributed by atoms with Gasteiger partial charge in [0.15, 0.2) is 34.5 Å². The highest BCUT2D eigenvalue weighted by Gasteiger charge is 2.19. The Bertz CT molecular complexity index is 3690. The molecule has 0 aliphatic heterocycles. The van der Waals surface area contributed by atoms with E-state index >= 15 is 0 Å². The van der Waals surface area contributed by atoms with Gasteiger partial charge in [-0.15, -0.1) is 0 Å². The minimum atomic E-state index is -1.24. The molecule has 1 aliphatic carbocycles. The minimum absolute atomic E-state index is 0.145. The molecule has 0 spiro atoms. The lowest BCUT2D eigenvalue weighted by atomic mass is 10.0. The summed E-state index contributed by atoms with van der Waals surface area (Å²) in [5.41, 5.74) is 5.00. The Kier molecular flexibility index (Phi) is 67.5. The largest absolute Gasteiger partial charge is 0.494 e. The molecule has 0 radical (unpaired) electrons. The Labute approximate surface area is 811 Å². The van der Waals surface area contributed by atoms with Crippen molar-refractivity contribution < 1.29 is 53.0 Å². The highest BCUT2D eigenvalue weighted by atomic mass is 16.5. The number of nitrogens with zero attached hydrogens (tertiary/aromatic N) is 2. The molecule has 0 unspecified atom stereocenters. The van der Waals surface area contributed by atoms with Crippen LogP contribution in [0.15, 0.2) is 89.1 Å². The molecule has 13 nitrogen and oxygen atoms in total. The Balaban J connectivity index is 1.24. The summed E-state index contributed by atoms with van der Waals surface area (Å²) in [5.74, 6) is 24.7. The predicted molar refractivity (Wildman–Crippen MR) is 558 cm³/mol. The van der Waals surface area contributed by atoms with Crippen molar-refractivity contribution in [1.29, 1.82) is 0 Å². The number of fused-ring (bicyclic) bond motifs is 3. The van der Waals surface area contributed by atoms with Gasteiger partial charge in [0.25, 0.3) is 0 Å². The average Bonchev–Trinajstić information content (AvgIpc) is 0.809. The van der Waals surface area contributed by atoms with Gasteiger partial charge in [0, 0.05) is 69.8 Å². The zero-order valence-corrected chi connectivity index (χ0v) is 84.9. The van der Waals surface area contributed by atoms with Crippen LogP contribution in [0.25, 0.3) is 0 Å². The molecule has 5 aromatic carbocycles. The molecule has 0 fully saturated rings. The van der Waals surface area contributed by atoms with Gasteiger partial charge in [-0.2, -0.15) is 10.2 Å². The van der Waals surface area contributed by atoms with E-state index in [4.69, 9.17) is 33.2 Å². The van der Waals surface area contributed by atoms with Crippen molar-refractivity contribution in [3.63, 3.8) is 0 Å². The van der Waals surface area contributed by atoms with Crippen LogP contribution in [0.2, 0.25) is 0 Å². The molecular weight excluding hydrogens is 1650 g/mol. The maximum atomic E-state index is 11.6. The minimum Gasteiger partial charge on any atom is -0.494 e. The monoisotopic (exact) mass is 1830 g/mol. The second-order valence-electron chi connectivity index (χ2n) is 38.3. The number of azo groups is 1. The highest BCUT2D eigenvalue weighted by Crippen LogP contribution is 2.38. The fraction of sp³-hybridized carbons (Fsp3) is 0.683. The molecule has 0 saturated heterocycles. The number of ether oxygens (including phenoxy) is 7. The molecule has 0 bridgehead atoms. The molecule has 0 saturated carbocycles.